The molecule has 0 amide bonds. The predicted molar refractivity (Wildman–Crippen MR) is 42.4 cm³/mol. The van der Waals surface area contributed by atoms with Crippen LogP contribution in [0.3, 0.4) is 0 Å². The molecule has 4 heteroatoms. The Kier molecular flexibility index (Phi) is 3.12. The van der Waals surface area contributed by atoms with Gasteiger partial charge in [-0.2, -0.15) is 0 Å². The third-order valence-corrected chi connectivity index (χ3v) is 2.15. The van der Waals surface area contributed by atoms with E-state index in [4.69, 9.17) is 16.3 Å². The first-order valence-electron chi connectivity index (χ1n) is 2.85. The van der Waals surface area contributed by atoms with Crippen LogP contribution in [0.5, 0.6) is 0 Å². The Morgan fingerprint density at radius 2 is 2.60 bits per heavy atom. The molecule has 1 aromatic rings. The minimum absolute atomic E-state index is 0.486. The molecule has 0 saturated heterocycles. The van der Waals surface area contributed by atoms with Crippen molar-refractivity contribution in [1.82, 2.24) is 4.98 Å². The molecular formula is C6H8ClNOS. The quantitative estimate of drug-likeness (QED) is 0.660. The summed E-state index contributed by atoms with van der Waals surface area (Å²) in [6.07, 6.45) is 0. The molecule has 0 saturated carbocycles. The number of thiazole rings is 1. The molecule has 0 aromatic carbocycles. The first kappa shape index (κ1) is 7.98. The summed E-state index contributed by atoms with van der Waals surface area (Å²) in [5.74, 6) is 0.486. The maximum Gasteiger partial charge on any atom is 0.119 e. The second-order valence-electron chi connectivity index (χ2n) is 1.80. The van der Waals surface area contributed by atoms with E-state index < -0.39 is 0 Å². The highest BCUT2D eigenvalue weighted by Gasteiger charge is 1.98. The third kappa shape index (κ3) is 1.94. The zero-order chi connectivity index (χ0) is 7.40. The number of ether oxygens (including phenoxy) is 1. The summed E-state index contributed by atoms with van der Waals surface area (Å²) in [5, 5.41) is 2.93. The number of nitrogens with zero attached hydrogens (tertiary/aromatic N) is 1. The lowest BCUT2D eigenvalue weighted by molar-refractivity contribution is 0.184. The van der Waals surface area contributed by atoms with Gasteiger partial charge in [0.25, 0.3) is 0 Å². The summed E-state index contributed by atoms with van der Waals surface area (Å²) in [6.45, 7) is 0.585. The second-order valence-corrected chi connectivity index (χ2v) is 3.01. The van der Waals surface area contributed by atoms with Gasteiger partial charge in [-0.05, 0) is 0 Å². The average Bonchev–Trinajstić information content (AvgIpc) is 2.37. The van der Waals surface area contributed by atoms with Crippen LogP contribution in [0.2, 0.25) is 0 Å². The number of aromatic nitrogens is 1. The normalized spacial score (nSPS) is 10.2. The van der Waals surface area contributed by atoms with Crippen LogP contribution >= 0.6 is 22.9 Å². The van der Waals surface area contributed by atoms with Crippen LogP contribution in [0, 0.1) is 0 Å². The topological polar surface area (TPSA) is 22.1 Å². The number of hydrogen-bond donors (Lipinski definition) is 0. The molecule has 0 aliphatic heterocycles. The number of methoxy groups -OCH3 is 1. The SMILES string of the molecule is COCc1nc(CCl)cs1. The van der Waals surface area contributed by atoms with Crippen LogP contribution in [-0.2, 0) is 17.2 Å². The smallest absolute Gasteiger partial charge is 0.119 e. The molecule has 0 fully saturated rings. The Labute approximate surface area is 68.8 Å². The summed E-state index contributed by atoms with van der Waals surface area (Å²) in [5.41, 5.74) is 0.929. The molecule has 0 atom stereocenters. The zero-order valence-electron chi connectivity index (χ0n) is 5.63. The van der Waals surface area contributed by atoms with Crippen molar-refractivity contribution in [2.24, 2.45) is 0 Å². The maximum absolute atomic E-state index is 5.54. The van der Waals surface area contributed by atoms with Crippen molar-refractivity contribution < 1.29 is 4.74 Å². The van der Waals surface area contributed by atoms with Gasteiger partial charge in [0, 0.05) is 12.5 Å². The third-order valence-electron chi connectivity index (χ3n) is 1.00. The summed E-state index contributed by atoms with van der Waals surface area (Å²) in [4.78, 5) is 4.18. The van der Waals surface area contributed by atoms with Gasteiger partial charge in [0.05, 0.1) is 18.2 Å². The van der Waals surface area contributed by atoms with Crippen molar-refractivity contribution in [3.63, 3.8) is 0 Å². The standard InChI is InChI=1S/C6H8ClNOS/c1-9-3-6-8-5(2-7)4-10-6/h4H,2-3H2,1H3. The second kappa shape index (κ2) is 3.91. The molecule has 1 rings (SSSR count). The molecule has 0 radical (unpaired) electrons. The Morgan fingerprint density at radius 1 is 1.80 bits per heavy atom. The Hall–Kier alpha value is -0.120. The first-order valence-corrected chi connectivity index (χ1v) is 4.26. The van der Waals surface area contributed by atoms with Gasteiger partial charge in [-0.1, -0.05) is 0 Å². The minimum Gasteiger partial charge on any atom is -0.378 e. The fourth-order valence-corrected chi connectivity index (χ4v) is 1.59. The average molecular weight is 178 g/mol. The molecule has 56 valence electrons. The van der Waals surface area contributed by atoms with Gasteiger partial charge in [0.15, 0.2) is 0 Å². The predicted octanol–water partition coefficient (Wildman–Crippen LogP) is 2.03. The number of rotatable bonds is 3. The highest BCUT2D eigenvalue weighted by molar-refractivity contribution is 7.09. The van der Waals surface area contributed by atoms with Crippen LogP contribution < -0.4 is 0 Å². The molecule has 2 nitrogen and oxygen atoms in total. The van der Waals surface area contributed by atoms with E-state index in [1.54, 1.807) is 18.4 Å². The molecule has 1 heterocycles. The molecule has 0 aliphatic rings. The van der Waals surface area contributed by atoms with Gasteiger partial charge < -0.3 is 4.74 Å². The Morgan fingerprint density at radius 3 is 3.10 bits per heavy atom. The van der Waals surface area contributed by atoms with E-state index >= 15 is 0 Å². The first-order chi connectivity index (χ1) is 4.86. The molecule has 0 N–H and O–H groups in total. The van der Waals surface area contributed by atoms with Gasteiger partial charge in [-0.25, -0.2) is 4.98 Å². The van der Waals surface area contributed by atoms with E-state index in [2.05, 4.69) is 4.98 Å². The highest BCUT2D eigenvalue weighted by Crippen LogP contribution is 2.11. The lowest BCUT2D eigenvalue weighted by Gasteiger charge is -1.89. The van der Waals surface area contributed by atoms with Gasteiger partial charge in [-0.15, -0.1) is 22.9 Å². The largest absolute Gasteiger partial charge is 0.378 e. The van der Waals surface area contributed by atoms with Crippen LogP contribution in [0.1, 0.15) is 10.7 Å². The molecular weight excluding hydrogens is 170 g/mol. The summed E-state index contributed by atoms with van der Waals surface area (Å²) < 4.78 is 4.89. The summed E-state index contributed by atoms with van der Waals surface area (Å²) in [6, 6.07) is 0. The van der Waals surface area contributed by atoms with E-state index in [0.29, 0.717) is 12.5 Å². The van der Waals surface area contributed by atoms with Crippen LogP contribution in [0.4, 0.5) is 0 Å². The molecule has 0 unspecified atom stereocenters. The molecule has 10 heavy (non-hydrogen) atoms. The monoisotopic (exact) mass is 177 g/mol. The number of halogens is 1. The van der Waals surface area contributed by atoms with Crippen LogP contribution in [0.25, 0.3) is 0 Å². The van der Waals surface area contributed by atoms with Gasteiger partial charge >= 0.3 is 0 Å². The summed E-state index contributed by atoms with van der Waals surface area (Å²) in [7, 11) is 1.65. The van der Waals surface area contributed by atoms with Crippen molar-refractivity contribution in [2.75, 3.05) is 7.11 Å². The van der Waals surface area contributed by atoms with Crippen molar-refractivity contribution in [3.05, 3.63) is 16.1 Å². The Balaban J connectivity index is 2.59. The molecule has 0 aliphatic carbocycles. The van der Waals surface area contributed by atoms with Crippen molar-refractivity contribution >= 4 is 22.9 Å². The van der Waals surface area contributed by atoms with Gasteiger partial charge in [0.1, 0.15) is 5.01 Å². The Bertz CT molecular complexity index is 201. The van der Waals surface area contributed by atoms with Crippen molar-refractivity contribution in [2.45, 2.75) is 12.5 Å². The molecule has 0 spiro atoms. The van der Waals surface area contributed by atoms with E-state index in [1.807, 2.05) is 5.38 Å². The van der Waals surface area contributed by atoms with E-state index in [1.165, 1.54) is 0 Å². The lowest BCUT2D eigenvalue weighted by atomic mass is 10.6. The van der Waals surface area contributed by atoms with Crippen molar-refractivity contribution in [3.8, 4) is 0 Å². The van der Waals surface area contributed by atoms with Crippen LogP contribution in [-0.4, -0.2) is 12.1 Å². The molecule has 1 aromatic heterocycles. The fraction of sp³-hybridized carbons (Fsp3) is 0.500. The van der Waals surface area contributed by atoms with Crippen molar-refractivity contribution in [1.29, 1.82) is 0 Å². The van der Waals surface area contributed by atoms with E-state index in [-0.39, 0.29) is 0 Å². The minimum atomic E-state index is 0.486. The molecule has 0 bridgehead atoms. The number of hydrogen-bond acceptors (Lipinski definition) is 3. The maximum atomic E-state index is 5.54. The fourth-order valence-electron chi connectivity index (χ4n) is 0.600. The number of alkyl halides is 1. The zero-order valence-corrected chi connectivity index (χ0v) is 7.21. The van der Waals surface area contributed by atoms with Gasteiger partial charge in [-0.3, -0.25) is 0 Å². The van der Waals surface area contributed by atoms with E-state index in [9.17, 15) is 0 Å². The summed E-state index contributed by atoms with van der Waals surface area (Å²) >= 11 is 7.12. The van der Waals surface area contributed by atoms with Crippen LogP contribution in [0.15, 0.2) is 5.38 Å². The highest BCUT2D eigenvalue weighted by atomic mass is 35.5. The van der Waals surface area contributed by atoms with Gasteiger partial charge in [0.2, 0.25) is 0 Å². The van der Waals surface area contributed by atoms with E-state index in [0.717, 1.165) is 10.7 Å². The lowest BCUT2D eigenvalue weighted by Crippen LogP contribution is -1.86.